The Morgan fingerprint density at radius 3 is 2.42 bits per heavy atom. The smallest absolute Gasteiger partial charge is 0.260 e. The number of aryl methyl sites for hydroxylation is 1. The Hall–Kier alpha value is -2.84. The highest BCUT2D eigenvalue weighted by Crippen LogP contribution is 2.27. The summed E-state index contributed by atoms with van der Waals surface area (Å²) < 4.78 is 1.82. The molecule has 0 amide bonds. The minimum absolute atomic E-state index is 0.0616. The van der Waals surface area contributed by atoms with Gasteiger partial charge >= 0.3 is 0 Å². The van der Waals surface area contributed by atoms with Crippen molar-refractivity contribution in [3.8, 4) is 11.3 Å². The van der Waals surface area contributed by atoms with Crippen LogP contribution in [0.1, 0.15) is 11.1 Å². The summed E-state index contributed by atoms with van der Waals surface area (Å²) in [6.07, 6.45) is 0. The van der Waals surface area contributed by atoms with E-state index in [0.29, 0.717) is 17.0 Å². The van der Waals surface area contributed by atoms with E-state index in [2.05, 4.69) is 25.1 Å². The van der Waals surface area contributed by atoms with E-state index in [0.717, 1.165) is 27.8 Å². The summed E-state index contributed by atoms with van der Waals surface area (Å²) in [5.74, 6) is 0. The molecule has 0 spiro atoms. The molecule has 4 rings (SSSR count). The Balaban J connectivity index is 2.02. The molecule has 0 atom stereocenters. The molecule has 0 aliphatic carbocycles. The first kappa shape index (κ1) is 16.6. The Morgan fingerprint density at radius 2 is 1.65 bits per heavy atom. The molecule has 3 aromatic carbocycles. The highest BCUT2D eigenvalue weighted by molar-refractivity contribution is 6.35. The van der Waals surface area contributed by atoms with Gasteiger partial charge in [-0.2, -0.15) is 0 Å². The lowest BCUT2D eigenvalue weighted by Gasteiger charge is -2.16. The minimum Gasteiger partial charge on any atom is -0.303 e. The van der Waals surface area contributed by atoms with Crippen molar-refractivity contribution in [1.29, 1.82) is 0 Å². The third-order valence-electron chi connectivity index (χ3n) is 4.59. The fourth-order valence-electron chi connectivity index (χ4n) is 3.32. The second-order valence-corrected chi connectivity index (χ2v) is 6.89. The molecular weight excluding hydrogens is 342 g/mol. The molecule has 4 aromatic rings. The molecule has 128 valence electrons. The van der Waals surface area contributed by atoms with E-state index in [1.807, 2.05) is 59.2 Å². The van der Waals surface area contributed by atoms with Crippen LogP contribution in [-0.4, -0.2) is 4.57 Å². The molecule has 0 bridgehead atoms. The average molecular weight is 360 g/mol. The average Bonchev–Trinajstić information content (AvgIpc) is 2.64. The third-order valence-corrected chi connectivity index (χ3v) is 4.90. The van der Waals surface area contributed by atoms with Gasteiger partial charge in [-0.15, -0.1) is 0 Å². The summed E-state index contributed by atoms with van der Waals surface area (Å²) in [6.45, 7) is 2.56. The molecule has 0 N–H and O–H groups in total. The molecule has 2 nitrogen and oxygen atoms in total. The van der Waals surface area contributed by atoms with Gasteiger partial charge in [-0.05, 0) is 41.6 Å². The molecular formula is C23H18ClNO. The number of halogens is 1. The Labute approximate surface area is 157 Å². The van der Waals surface area contributed by atoms with Crippen LogP contribution in [0.2, 0.25) is 5.02 Å². The van der Waals surface area contributed by atoms with Gasteiger partial charge in [0.25, 0.3) is 5.56 Å². The standard InChI is InChI=1S/C23H18ClNO/c1-16-7-5-10-18(13-16)21-14-19-11-6-12-20(24)22(19)23(26)25(21)15-17-8-3-2-4-9-17/h2-14H,15H2,1H3. The van der Waals surface area contributed by atoms with Crippen molar-refractivity contribution in [2.24, 2.45) is 0 Å². The Kier molecular flexibility index (Phi) is 4.36. The molecule has 26 heavy (non-hydrogen) atoms. The molecule has 3 heteroatoms. The predicted molar refractivity (Wildman–Crippen MR) is 109 cm³/mol. The van der Waals surface area contributed by atoms with E-state index in [1.54, 1.807) is 6.07 Å². The lowest BCUT2D eigenvalue weighted by atomic mass is 10.0. The molecule has 0 saturated heterocycles. The number of rotatable bonds is 3. The maximum Gasteiger partial charge on any atom is 0.260 e. The van der Waals surface area contributed by atoms with Gasteiger partial charge in [0.1, 0.15) is 0 Å². The topological polar surface area (TPSA) is 22.0 Å². The monoisotopic (exact) mass is 359 g/mol. The van der Waals surface area contributed by atoms with Gasteiger partial charge in [-0.25, -0.2) is 0 Å². The predicted octanol–water partition coefficient (Wildman–Crippen LogP) is 5.68. The Bertz CT molecular complexity index is 1150. The van der Waals surface area contributed by atoms with Crippen LogP contribution in [0.25, 0.3) is 22.0 Å². The largest absolute Gasteiger partial charge is 0.303 e. The van der Waals surface area contributed by atoms with Crippen molar-refractivity contribution in [2.75, 3.05) is 0 Å². The van der Waals surface area contributed by atoms with Crippen LogP contribution in [0.15, 0.2) is 83.7 Å². The molecule has 0 aliphatic heterocycles. The maximum absolute atomic E-state index is 13.3. The molecule has 1 aromatic heterocycles. The summed E-state index contributed by atoms with van der Waals surface area (Å²) in [5, 5.41) is 1.93. The molecule has 0 fully saturated rings. The number of benzene rings is 3. The van der Waals surface area contributed by atoms with Crippen molar-refractivity contribution in [3.63, 3.8) is 0 Å². The number of fused-ring (bicyclic) bond motifs is 1. The molecule has 0 radical (unpaired) electrons. The third kappa shape index (κ3) is 3.04. The highest BCUT2D eigenvalue weighted by atomic mass is 35.5. The minimum atomic E-state index is -0.0616. The summed E-state index contributed by atoms with van der Waals surface area (Å²) in [4.78, 5) is 13.3. The fourth-order valence-corrected chi connectivity index (χ4v) is 3.59. The molecule has 0 saturated carbocycles. The number of aromatic nitrogens is 1. The number of nitrogens with zero attached hydrogens (tertiary/aromatic N) is 1. The molecule has 0 aliphatic rings. The first-order valence-electron chi connectivity index (χ1n) is 8.56. The molecule has 0 unspecified atom stereocenters. The van der Waals surface area contributed by atoms with Crippen molar-refractivity contribution in [1.82, 2.24) is 4.57 Å². The van der Waals surface area contributed by atoms with E-state index in [-0.39, 0.29) is 5.56 Å². The van der Waals surface area contributed by atoms with E-state index in [4.69, 9.17) is 11.6 Å². The molecule has 1 heterocycles. The van der Waals surface area contributed by atoms with Gasteiger partial charge < -0.3 is 4.57 Å². The Morgan fingerprint density at radius 1 is 0.885 bits per heavy atom. The van der Waals surface area contributed by atoms with Gasteiger partial charge in [0.15, 0.2) is 0 Å². The van der Waals surface area contributed by atoms with Crippen LogP contribution in [0.4, 0.5) is 0 Å². The highest BCUT2D eigenvalue weighted by Gasteiger charge is 2.13. The zero-order chi connectivity index (χ0) is 18.1. The number of hydrogen-bond donors (Lipinski definition) is 0. The van der Waals surface area contributed by atoms with E-state index in [1.165, 1.54) is 0 Å². The van der Waals surface area contributed by atoms with Crippen molar-refractivity contribution in [2.45, 2.75) is 13.5 Å². The number of pyridine rings is 1. The summed E-state index contributed by atoms with van der Waals surface area (Å²) in [7, 11) is 0. The first-order valence-corrected chi connectivity index (χ1v) is 8.94. The van der Waals surface area contributed by atoms with Crippen LogP contribution in [0.5, 0.6) is 0 Å². The van der Waals surface area contributed by atoms with E-state index in [9.17, 15) is 4.79 Å². The van der Waals surface area contributed by atoms with Gasteiger partial charge in [-0.1, -0.05) is 77.8 Å². The first-order chi connectivity index (χ1) is 12.6. The van der Waals surface area contributed by atoms with Crippen LogP contribution in [0, 0.1) is 6.92 Å². The lowest BCUT2D eigenvalue weighted by molar-refractivity contribution is 0.777. The van der Waals surface area contributed by atoms with Crippen LogP contribution in [0.3, 0.4) is 0 Å². The maximum atomic E-state index is 13.3. The van der Waals surface area contributed by atoms with Crippen molar-refractivity contribution in [3.05, 3.63) is 105 Å². The van der Waals surface area contributed by atoms with E-state index < -0.39 is 0 Å². The van der Waals surface area contributed by atoms with Crippen LogP contribution >= 0.6 is 11.6 Å². The zero-order valence-electron chi connectivity index (χ0n) is 14.4. The normalized spacial score (nSPS) is 11.0. The zero-order valence-corrected chi connectivity index (χ0v) is 15.2. The van der Waals surface area contributed by atoms with Crippen molar-refractivity contribution >= 4 is 22.4 Å². The number of hydrogen-bond acceptors (Lipinski definition) is 1. The second kappa shape index (κ2) is 6.81. The SMILES string of the molecule is Cc1cccc(-c2cc3cccc(Cl)c3c(=O)n2Cc2ccccc2)c1. The summed E-state index contributed by atoms with van der Waals surface area (Å²) >= 11 is 6.35. The second-order valence-electron chi connectivity index (χ2n) is 6.48. The summed E-state index contributed by atoms with van der Waals surface area (Å²) in [6, 6.07) is 25.9. The van der Waals surface area contributed by atoms with Gasteiger partial charge in [0.2, 0.25) is 0 Å². The van der Waals surface area contributed by atoms with Crippen molar-refractivity contribution < 1.29 is 0 Å². The van der Waals surface area contributed by atoms with E-state index >= 15 is 0 Å². The van der Waals surface area contributed by atoms with Gasteiger partial charge in [0, 0.05) is 0 Å². The van der Waals surface area contributed by atoms with Crippen LogP contribution in [-0.2, 0) is 6.54 Å². The fraction of sp³-hybridized carbons (Fsp3) is 0.0870. The van der Waals surface area contributed by atoms with Crippen LogP contribution < -0.4 is 5.56 Å². The summed E-state index contributed by atoms with van der Waals surface area (Å²) in [5.41, 5.74) is 4.10. The quantitative estimate of drug-likeness (QED) is 0.461. The lowest BCUT2D eigenvalue weighted by Crippen LogP contribution is -2.23. The van der Waals surface area contributed by atoms with Gasteiger partial charge in [0.05, 0.1) is 22.6 Å². The van der Waals surface area contributed by atoms with Gasteiger partial charge in [-0.3, -0.25) is 4.79 Å².